The normalized spacial score (nSPS) is 14.4. The highest BCUT2D eigenvalue weighted by Gasteiger charge is 2.18. The minimum Gasteiger partial charge on any atom is -0.488 e. The van der Waals surface area contributed by atoms with Crippen LogP contribution in [-0.4, -0.2) is 23.1 Å². The zero-order chi connectivity index (χ0) is 17.3. The number of H-pyrrole nitrogens is 1. The third-order valence-corrected chi connectivity index (χ3v) is 5.09. The van der Waals surface area contributed by atoms with Gasteiger partial charge >= 0.3 is 0 Å². The van der Waals surface area contributed by atoms with Crippen molar-refractivity contribution in [2.24, 2.45) is 0 Å². The molecule has 4 nitrogen and oxygen atoms in total. The maximum absolute atomic E-state index is 6.19. The molecule has 5 rings (SSSR count). The van der Waals surface area contributed by atoms with Crippen LogP contribution in [0.15, 0.2) is 60.7 Å². The number of benzene rings is 3. The Morgan fingerprint density at radius 3 is 2.46 bits per heavy atom. The Morgan fingerprint density at radius 1 is 0.923 bits per heavy atom. The topological polar surface area (TPSA) is 41.1 Å². The summed E-state index contributed by atoms with van der Waals surface area (Å²) in [5, 5.41) is 2.24. The number of nitrogens with one attached hydrogen (secondary N) is 1. The number of ether oxygens (including phenoxy) is 1. The molecule has 0 aliphatic carbocycles. The van der Waals surface area contributed by atoms with E-state index in [0.717, 1.165) is 46.6 Å². The maximum atomic E-state index is 6.19. The van der Waals surface area contributed by atoms with Gasteiger partial charge in [0.25, 0.3) is 0 Å². The summed E-state index contributed by atoms with van der Waals surface area (Å²) in [6.07, 6.45) is 2.48. The summed E-state index contributed by atoms with van der Waals surface area (Å²) in [6.45, 7) is 2.72. The van der Waals surface area contributed by atoms with Crippen LogP contribution >= 0.6 is 0 Å². The van der Waals surface area contributed by atoms with E-state index in [4.69, 9.17) is 9.72 Å². The summed E-state index contributed by atoms with van der Waals surface area (Å²) in [5.41, 5.74) is 3.22. The Kier molecular flexibility index (Phi) is 3.74. The zero-order valence-electron chi connectivity index (χ0n) is 14.6. The minimum absolute atomic E-state index is 0.559. The first-order valence-corrected chi connectivity index (χ1v) is 9.22. The highest BCUT2D eigenvalue weighted by atomic mass is 16.5. The molecule has 1 saturated heterocycles. The molecule has 0 saturated carbocycles. The molecule has 4 aromatic rings. The molecule has 2 heterocycles. The van der Waals surface area contributed by atoms with Crippen LogP contribution in [0.5, 0.6) is 5.75 Å². The quantitative estimate of drug-likeness (QED) is 0.573. The highest BCUT2D eigenvalue weighted by molar-refractivity contribution is 6.07. The van der Waals surface area contributed by atoms with E-state index in [1.807, 2.05) is 18.2 Å². The predicted octanol–water partition coefficient (Wildman–Crippen LogP) is 4.90. The van der Waals surface area contributed by atoms with Gasteiger partial charge in [0, 0.05) is 29.9 Å². The number of aromatic amines is 1. The third kappa shape index (κ3) is 2.68. The van der Waals surface area contributed by atoms with E-state index < -0.39 is 0 Å². The molecule has 1 fully saturated rings. The lowest BCUT2D eigenvalue weighted by molar-refractivity contribution is 0.310. The van der Waals surface area contributed by atoms with Crippen molar-refractivity contribution in [3.05, 3.63) is 66.2 Å². The van der Waals surface area contributed by atoms with Crippen LogP contribution in [0.2, 0.25) is 0 Å². The van der Waals surface area contributed by atoms with Gasteiger partial charge in [0.05, 0.1) is 11.0 Å². The molecule has 3 aromatic carbocycles. The van der Waals surface area contributed by atoms with Crippen molar-refractivity contribution < 1.29 is 4.74 Å². The van der Waals surface area contributed by atoms with Crippen molar-refractivity contribution in [2.75, 3.05) is 18.0 Å². The van der Waals surface area contributed by atoms with E-state index in [2.05, 4.69) is 52.3 Å². The zero-order valence-corrected chi connectivity index (χ0v) is 14.6. The average molecular weight is 343 g/mol. The fourth-order valence-corrected chi connectivity index (χ4v) is 3.73. The van der Waals surface area contributed by atoms with Gasteiger partial charge in [0.2, 0.25) is 5.95 Å². The Morgan fingerprint density at radius 2 is 1.65 bits per heavy atom. The van der Waals surface area contributed by atoms with Gasteiger partial charge in [-0.25, -0.2) is 4.98 Å². The molecule has 0 bridgehead atoms. The SMILES string of the molecule is c1ccc(COc2cc3[nH]c(N4CCCC4)nc3c3ccccc23)cc1. The number of imidazole rings is 1. The summed E-state index contributed by atoms with van der Waals surface area (Å²) in [6, 6.07) is 20.7. The molecule has 0 spiro atoms. The van der Waals surface area contributed by atoms with Gasteiger partial charge < -0.3 is 14.6 Å². The molecule has 4 heteroatoms. The van der Waals surface area contributed by atoms with Gasteiger partial charge in [-0.1, -0.05) is 54.6 Å². The van der Waals surface area contributed by atoms with Crippen LogP contribution in [0.3, 0.4) is 0 Å². The number of fused-ring (bicyclic) bond motifs is 3. The lowest BCUT2D eigenvalue weighted by Gasteiger charge is -2.12. The second-order valence-electron chi connectivity index (χ2n) is 6.85. The lowest BCUT2D eigenvalue weighted by atomic mass is 10.1. The van der Waals surface area contributed by atoms with E-state index in [9.17, 15) is 0 Å². The number of rotatable bonds is 4. The van der Waals surface area contributed by atoms with Crippen molar-refractivity contribution in [3.63, 3.8) is 0 Å². The molecule has 1 aliphatic rings. The van der Waals surface area contributed by atoms with E-state index >= 15 is 0 Å². The van der Waals surface area contributed by atoms with Crippen LogP contribution in [-0.2, 0) is 6.61 Å². The number of hydrogen-bond acceptors (Lipinski definition) is 3. The van der Waals surface area contributed by atoms with Crippen LogP contribution in [0.25, 0.3) is 21.8 Å². The molecule has 1 N–H and O–H groups in total. The predicted molar refractivity (Wildman–Crippen MR) is 106 cm³/mol. The number of aromatic nitrogens is 2. The molecule has 0 radical (unpaired) electrons. The molecule has 1 aliphatic heterocycles. The second kappa shape index (κ2) is 6.37. The Labute approximate surface area is 152 Å². The largest absolute Gasteiger partial charge is 0.488 e. The number of nitrogens with zero attached hydrogens (tertiary/aromatic N) is 2. The first-order valence-electron chi connectivity index (χ1n) is 9.22. The molecule has 130 valence electrons. The molecule has 26 heavy (non-hydrogen) atoms. The molecule has 0 atom stereocenters. The fourth-order valence-electron chi connectivity index (χ4n) is 3.73. The van der Waals surface area contributed by atoms with Gasteiger partial charge in [-0.15, -0.1) is 0 Å². The first kappa shape index (κ1) is 15.3. The van der Waals surface area contributed by atoms with Crippen molar-refractivity contribution in [3.8, 4) is 5.75 Å². The molecule has 1 aromatic heterocycles. The Hall–Kier alpha value is -3.01. The van der Waals surface area contributed by atoms with E-state index in [-0.39, 0.29) is 0 Å². The average Bonchev–Trinajstić information content (AvgIpc) is 3.36. The van der Waals surface area contributed by atoms with Crippen LogP contribution in [0.1, 0.15) is 18.4 Å². The summed E-state index contributed by atoms with van der Waals surface area (Å²) in [5.74, 6) is 1.87. The molecule has 0 unspecified atom stereocenters. The Balaban J connectivity index is 1.58. The van der Waals surface area contributed by atoms with Crippen molar-refractivity contribution in [1.29, 1.82) is 0 Å². The molecular weight excluding hydrogens is 322 g/mol. The van der Waals surface area contributed by atoms with Gasteiger partial charge in [-0.2, -0.15) is 0 Å². The van der Waals surface area contributed by atoms with Crippen LogP contribution in [0.4, 0.5) is 5.95 Å². The summed E-state index contributed by atoms with van der Waals surface area (Å²) in [7, 11) is 0. The summed E-state index contributed by atoms with van der Waals surface area (Å²) < 4.78 is 6.19. The van der Waals surface area contributed by atoms with Gasteiger partial charge in [-0.3, -0.25) is 0 Å². The van der Waals surface area contributed by atoms with Crippen LogP contribution in [0, 0.1) is 0 Å². The highest BCUT2D eigenvalue weighted by Crippen LogP contribution is 2.34. The standard InChI is InChI=1S/C22H21N3O/c1-2-8-16(9-3-1)15-26-20-14-19-21(18-11-5-4-10-17(18)20)24-22(23-19)25-12-6-7-13-25/h1-5,8-11,14H,6-7,12-13,15H2,(H,23,24). The fraction of sp³-hybridized carbons (Fsp3) is 0.227. The summed E-state index contributed by atoms with van der Waals surface area (Å²) >= 11 is 0. The second-order valence-corrected chi connectivity index (χ2v) is 6.85. The third-order valence-electron chi connectivity index (χ3n) is 5.09. The van der Waals surface area contributed by atoms with Gasteiger partial charge in [0.1, 0.15) is 12.4 Å². The van der Waals surface area contributed by atoms with Crippen molar-refractivity contribution in [2.45, 2.75) is 19.4 Å². The first-order chi connectivity index (χ1) is 12.9. The van der Waals surface area contributed by atoms with Gasteiger partial charge in [-0.05, 0) is 18.4 Å². The van der Waals surface area contributed by atoms with Gasteiger partial charge in [0.15, 0.2) is 0 Å². The van der Waals surface area contributed by atoms with E-state index in [1.54, 1.807) is 0 Å². The summed E-state index contributed by atoms with van der Waals surface area (Å²) in [4.78, 5) is 10.7. The van der Waals surface area contributed by atoms with E-state index in [1.165, 1.54) is 18.4 Å². The number of hydrogen-bond donors (Lipinski definition) is 1. The maximum Gasteiger partial charge on any atom is 0.203 e. The molecule has 0 amide bonds. The smallest absolute Gasteiger partial charge is 0.203 e. The minimum atomic E-state index is 0.559. The Bertz CT molecular complexity index is 1050. The van der Waals surface area contributed by atoms with Crippen LogP contribution < -0.4 is 9.64 Å². The van der Waals surface area contributed by atoms with E-state index in [0.29, 0.717) is 6.61 Å². The monoisotopic (exact) mass is 343 g/mol. The van der Waals surface area contributed by atoms with Crippen molar-refractivity contribution >= 4 is 27.8 Å². The molecular formula is C22H21N3O. The van der Waals surface area contributed by atoms with Crippen molar-refractivity contribution in [1.82, 2.24) is 9.97 Å². The lowest BCUT2D eigenvalue weighted by Crippen LogP contribution is -2.18. The number of anilines is 1.